The Kier molecular flexibility index (Phi) is 8.57. The summed E-state index contributed by atoms with van der Waals surface area (Å²) in [6, 6.07) is 26.0. The summed E-state index contributed by atoms with van der Waals surface area (Å²) in [5, 5.41) is 5.67. The Morgan fingerprint density at radius 2 is 1.47 bits per heavy atom. The number of morpholine rings is 1. The zero-order chi connectivity index (χ0) is 25.3. The fourth-order valence-corrected chi connectivity index (χ4v) is 4.34. The lowest BCUT2D eigenvalue weighted by Gasteiger charge is -2.36. The van der Waals surface area contributed by atoms with Crippen LogP contribution < -0.4 is 15.5 Å². The summed E-state index contributed by atoms with van der Waals surface area (Å²) in [5.74, 6) is -0.308. The van der Waals surface area contributed by atoms with E-state index in [-0.39, 0.29) is 24.7 Å². The SMILES string of the molecule is CC1CN(c2ccc(NC(=O)C(Cc3ccccc3)NC(=O)OCc3ccccc3)cc2)CC(C)O1. The van der Waals surface area contributed by atoms with Crippen LogP contribution in [0.1, 0.15) is 25.0 Å². The third-order valence-electron chi connectivity index (χ3n) is 6.02. The molecule has 2 amide bonds. The molecule has 3 aromatic carbocycles. The molecule has 0 spiro atoms. The van der Waals surface area contributed by atoms with Crippen LogP contribution in [0.15, 0.2) is 84.9 Å². The highest BCUT2D eigenvalue weighted by molar-refractivity contribution is 5.96. The topological polar surface area (TPSA) is 79.9 Å². The molecule has 3 unspecified atom stereocenters. The largest absolute Gasteiger partial charge is 0.445 e. The number of hydrogen-bond donors (Lipinski definition) is 2. The molecule has 36 heavy (non-hydrogen) atoms. The molecule has 0 bridgehead atoms. The zero-order valence-electron chi connectivity index (χ0n) is 20.7. The summed E-state index contributed by atoms with van der Waals surface area (Å²) in [5.41, 5.74) is 3.56. The van der Waals surface area contributed by atoms with E-state index in [2.05, 4.69) is 29.4 Å². The van der Waals surface area contributed by atoms with Crippen molar-refractivity contribution in [3.8, 4) is 0 Å². The Bertz CT molecular complexity index is 1110. The van der Waals surface area contributed by atoms with Gasteiger partial charge in [-0.2, -0.15) is 0 Å². The van der Waals surface area contributed by atoms with Gasteiger partial charge in [-0.15, -0.1) is 0 Å². The van der Waals surface area contributed by atoms with E-state index in [1.165, 1.54) is 0 Å². The number of rotatable bonds is 8. The normalized spacial score (nSPS) is 18.2. The van der Waals surface area contributed by atoms with Gasteiger partial charge < -0.3 is 25.0 Å². The van der Waals surface area contributed by atoms with Gasteiger partial charge in [0.2, 0.25) is 5.91 Å². The van der Waals surface area contributed by atoms with E-state index >= 15 is 0 Å². The standard InChI is InChI=1S/C29H33N3O4/c1-21-18-32(19-22(2)36-21)26-15-13-25(14-16-26)30-28(33)27(17-23-9-5-3-6-10-23)31-29(34)35-20-24-11-7-4-8-12-24/h3-16,21-22,27H,17-20H2,1-2H3,(H,30,33)(H,31,34). The van der Waals surface area contributed by atoms with E-state index in [0.717, 1.165) is 29.9 Å². The van der Waals surface area contributed by atoms with E-state index in [9.17, 15) is 9.59 Å². The molecule has 3 aromatic rings. The van der Waals surface area contributed by atoms with E-state index < -0.39 is 12.1 Å². The molecule has 0 saturated carbocycles. The van der Waals surface area contributed by atoms with Gasteiger partial charge in [-0.25, -0.2) is 4.79 Å². The van der Waals surface area contributed by atoms with Gasteiger partial charge in [0.1, 0.15) is 12.6 Å². The fraction of sp³-hybridized carbons (Fsp3) is 0.310. The monoisotopic (exact) mass is 487 g/mol. The molecule has 3 atom stereocenters. The first-order valence-corrected chi connectivity index (χ1v) is 12.3. The summed E-state index contributed by atoms with van der Waals surface area (Å²) in [4.78, 5) is 28.0. The van der Waals surface area contributed by atoms with Crippen LogP contribution in [0.5, 0.6) is 0 Å². The second kappa shape index (κ2) is 12.2. The average Bonchev–Trinajstić information content (AvgIpc) is 2.88. The lowest BCUT2D eigenvalue weighted by Crippen LogP contribution is -2.45. The Morgan fingerprint density at radius 1 is 0.889 bits per heavy atom. The Labute approximate surface area is 212 Å². The van der Waals surface area contributed by atoms with Crippen LogP contribution in [0.25, 0.3) is 0 Å². The van der Waals surface area contributed by atoms with Crippen molar-refractivity contribution in [3.63, 3.8) is 0 Å². The van der Waals surface area contributed by atoms with Crippen LogP contribution in [0, 0.1) is 0 Å². The van der Waals surface area contributed by atoms with Crippen LogP contribution in [0.4, 0.5) is 16.2 Å². The minimum absolute atomic E-state index is 0.132. The predicted molar refractivity (Wildman–Crippen MR) is 141 cm³/mol. The molecule has 0 radical (unpaired) electrons. The van der Waals surface area contributed by atoms with Crippen LogP contribution in [0.2, 0.25) is 0 Å². The summed E-state index contributed by atoms with van der Waals surface area (Å²) >= 11 is 0. The highest BCUT2D eigenvalue weighted by atomic mass is 16.5. The summed E-state index contributed by atoms with van der Waals surface area (Å²) in [6.07, 6.45) is 0.0365. The molecule has 1 aliphatic heterocycles. The second-order valence-electron chi connectivity index (χ2n) is 9.15. The minimum Gasteiger partial charge on any atom is -0.445 e. The van der Waals surface area contributed by atoms with E-state index in [0.29, 0.717) is 12.1 Å². The summed E-state index contributed by atoms with van der Waals surface area (Å²) in [6.45, 7) is 5.92. The van der Waals surface area contributed by atoms with Crippen molar-refractivity contribution < 1.29 is 19.1 Å². The highest BCUT2D eigenvalue weighted by Crippen LogP contribution is 2.22. The van der Waals surface area contributed by atoms with E-state index in [1.807, 2.05) is 84.9 Å². The van der Waals surface area contributed by atoms with Gasteiger partial charge in [0.25, 0.3) is 0 Å². The maximum absolute atomic E-state index is 13.2. The number of benzene rings is 3. The van der Waals surface area contributed by atoms with Crippen molar-refractivity contribution in [1.82, 2.24) is 5.32 Å². The minimum atomic E-state index is -0.795. The molecule has 7 nitrogen and oxygen atoms in total. The number of nitrogens with one attached hydrogen (secondary N) is 2. The van der Waals surface area contributed by atoms with Gasteiger partial charge in [-0.3, -0.25) is 4.79 Å². The molecule has 0 aromatic heterocycles. The van der Waals surface area contributed by atoms with Crippen LogP contribution in [0.3, 0.4) is 0 Å². The lowest BCUT2D eigenvalue weighted by atomic mass is 10.1. The van der Waals surface area contributed by atoms with Gasteiger partial charge in [-0.1, -0.05) is 60.7 Å². The third-order valence-corrected chi connectivity index (χ3v) is 6.02. The van der Waals surface area contributed by atoms with Gasteiger partial charge in [-0.05, 0) is 49.2 Å². The van der Waals surface area contributed by atoms with Crippen molar-refractivity contribution in [3.05, 3.63) is 96.1 Å². The average molecular weight is 488 g/mol. The van der Waals surface area contributed by atoms with E-state index in [1.54, 1.807) is 0 Å². The van der Waals surface area contributed by atoms with Crippen molar-refractivity contribution in [2.75, 3.05) is 23.3 Å². The fourth-order valence-electron chi connectivity index (χ4n) is 4.34. The number of nitrogens with zero attached hydrogens (tertiary/aromatic N) is 1. The Balaban J connectivity index is 1.39. The first-order chi connectivity index (χ1) is 17.5. The molecule has 0 aliphatic carbocycles. The quantitative estimate of drug-likeness (QED) is 0.478. The van der Waals surface area contributed by atoms with Gasteiger partial charge in [0.15, 0.2) is 0 Å². The molecule has 7 heteroatoms. The lowest BCUT2D eigenvalue weighted by molar-refractivity contribution is -0.118. The third kappa shape index (κ3) is 7.33. The summed E-state index contributed by atoms with van der Waals surface area (Å²) < 4.78 is 11.2. The number of anilines is 2. The Hall–Kier alpha value is -3.84. The molecule has 1 fully saturated rings. The molecular formula is C29H33N3O4. The second-order valence-corrected chi connectivity index (χ2v) is 9.15. The number of amides is 2. The molecule has 188 valence electrons. The van der Waals surface area contributed by atoms with Crippen LogP contribution >= 0.6 is 0 Å². The van der Waals surface area contributed by atoms with Crippen LogP contribution in [-0.4, -0.2) is 43.3 Å². The van der Waals surface area contributed by atoms with Gasteiger partial charge >= 0.3 is 6.09 Å². The van der Waals surface area contributed by atoms with Gasteiger partial charge in [0.05, 0.1) is 12.2 Å². The first kappa shape index (κ1) is 25.3. The Morgan fingerprint density at radius 3 is 2.08 bits per heavy atom. The molecule has 4 rings (SSSR count). The van der Waals surface area contributed by atoms with Crippen molar-refractivity contribution in [1.29, 1.82) is 0 Å². The number of alkyl carbamates (subject to hydrolysis) is 1. The summed E-state index contributed by atoms with van der Waals surface area (Å²) in [7, 11) is 0. The smallest absolute Gasteiger partial charge is 0.408 e. The van der Waals surface area contributed by atoms with Gasteiger partial charge in [0, 0.05) is 30.9 Å². The zero-order valence-corrected chi connectivity index (χ0v) is 20.7. The molecule has 1 aliphatic rings. The van der Waals surface area contributed by atoms with Crippen LogP contribution in [-0.2, 0) is 27.3 Å². The molecule has 2 N–H and O–H groups in total. The molecule has 1 saturated heterocycles. The van der Waals surface area contributed by atoms with E-state index in [4.69, 9.17) is 9.47 Å². The number of carbonyl (C=O) groups excluding carboxylic acids is 2. The molecular weight excluding hydrogens is 454 g/mol. The van der Waals surface area contributed by atoms with Crippen molar-refractivity contribution in [2.24, 2.45) is 0 Å². The maximum atomic E-state index is 13.2. The number of hydrogen-bond acceptors (Lipinski definition) is 5. The number of carbonyl (C=O) groups is 2. The van der Waals surface area contributed by atoms with Crippen molar-refractivity contribution in [2.45, 2.75) is 45.1 Å². The first-order valence-electron chi connectivity index (χ1n) is 12.3. The highest BCUT2D eigenvalue weighted by Gasteiger charge is 2.24. The van der Waals surface area contributed by atoms with Crippen molar-refractivity contribution >= 4 is 23.4 Å². The predicted octanol–water partition coefficient (Wildman–Crippen LogP) is 4.78. The maximum Gasteiger partial charge on any atom is 0.408 e. The number of ether oxygens (including phenoxy) is 2. The molecule has 1 heterocycles.